The van der Waals surface area contributed by atoms with E-state index in [2.05, 4.69) is 4.98 Å². The maximum atomic E-state index is 12.6. The minimum Gasteiger partial charge on any atom is -0.338 e. The van der Waals surface area contributed by atoms with Crippen LogP contribution in [0.5, 0.6) is 0 Å². The number of carbonyl (C=O) groups is 1. The average molecular weight is 313 g/mol. The Hall–Kier alpha value is -0.800. The Kier molecular flexibility index (Phi) is 4.18. The second-order valence-electron chi connectivity index (χ2n) is 5.85. The number of piperidine rings is 1. The number of pyridine rings is 1. The monoisotopic (exact) mass is 312 g/mol. The zero-order valence-electron chi connectivity index (χ0n) is 11.3. The van der Waals surface area contributed by atoms with Crippen molar-refractivity contribution in [3.8, 4) is 0 Å². The van der Waals surface area contributed by atoms with Gasteiger partial charge in [0.2, 0.25) is 0 Å². The predicted octanol–water partition coefficient (Wildman–Crippen LogP) is 4.04. The number of likely N-dealkylation sites (tertiary alicyclic amines) is 1. The number of nitrogens with zero attached hydrogens (tertiary/aromatic N) is 2. The van der Waals surface area contributed by atoms with E-state index in [0.717, 1.165) is 25.4 Å². The van der Waals surface area contributed by atoms with Crippen LogP contribution in [0.3, 0.4) is 0 Å². The molecule has 1 aromatic heterocycles. The van der Waals surface area contributed by atoms with Gasteiger partial charge in [0.15, 0.2) is 0 Å². The van der Waals surface area contributed by atoms with Crippen molar-refractivity contribution in [1.82, 2.24) is 9.88 Å². The molecule has 0 aromatic carbocycles. The van der Waals surface area contributed by atoms with Gasteiger partial charge in [0.25, 0.3) is 5.91 Å². The van der Waals surface area contributed by atoms with E-state index < -0.39 is 0 Å². The van der Waals surface area contributed by atoms with Crippen molar-refractivity contribution in [2.75, 3.05) is 13.1 Å². The first kappa shape index (κ1) is 14.2. The minimum absolute atomic E-state index is 0.0280. The van der Waals surface area contributed by atoms with E-state index in [1.54, 1.807) is 12.1 Å². The molecule has 1 aromatic rings. The standard InChI is InChI=1S/C15H18Cl2N2O/c16-13-7-12(8-14(17)18-13)15(20)19-6-5-10-3-1-2-4-11(10)9-19/h7-8,10-11H,1-6,9H2/t10-,11-/m0/s1. The van der Waals surface area contributed by atoms with Gasteiger partial charge in [-0.1, -0.05) is 42.5 Å². The fourth-order valence-corrected chi connectivity index (χ4v) is 4.02. The summed E-state index contributed by atoms with van der Waals surface area (Å²) in [5.74, 6) is 1.52. The molecule has 2 fully saturated rings. The second kappa shape index (κ2) is 5.90. The molecular weight excluding hydrogens is 295 g/mol. The summed E-state index contributed by atoms with van der Waals surface area (Å²) in [5.41, 5.74) is 0.546. The number of aromatic nitrogens is 1. The first-order chi connectivity index (χ1) is 9.63. The fraction of sp³-hybridized carbons (Fsp3) is 0.600. The van der Waals surface area contributed by atoms with Crippen molar-refractivity contribution >= 4 is 29.1 Å². The maximum Gasteiger partial charge on any atom is 0.254 e. The number of rotatable bonds is 1. The largest absolute Gasteiger partial charge is 0.338 e. The molecule has 2 atom stereocenters. The smallest absolute Gasteiger partial charge is 0.254 e. The van der Waals surface area contributed by atoms with Gasteiger partial charge in [-0.25, -0.2) is 4.98 Å². The van der Waals surface area contributed by atoms with E-state index in [1.165, 1.54) is 25.7 Å². The zero-order valence-corrected chi connectivity index (χ0v) is 12.8. The lowest BCUT2D eigenvalue weighted by Crippen LogP contribution is -2.44. The van der Waals surface area contributed by atoms with Gasteiger partial charge >= 0.3 is 0 Å². The second-order valence-corrected chi connectivity index (χ2v) is 6.62. The third-order valence-corrected chi connectivity index (χ3v) is 4.98. The summed E-state index contributed by atoms with van der Waals surface area (Å²) in [5, 5.41) is 0.543. The van der Waals surface area contributed by atoms with Gasteiger partial charge in [0.05, 0.1) is 0 Å². The first-order valence-electron chi connectivity index (χ1n) is 7.26. The fourth-order valence-electron chi connectivity index (χ4n) is 3.56. The third-order valence-electron chi connectivity index (χ3n) is 4.59. The van der Waals surface area contributed by atoms with Crippen LogP contribution in [-0.2, 0) is 0 Å². The van der Waals surface area contributed by atoms with Crippen LogP contribution in [-0.4, -0.2) is 28.9 Å². The van der Waals surface area contributed by atoms with E-state index >= 15 is 0 Å². The Labute approximate surface area is 129 Å². The Balaban J connectivity index is 1.74. The molecule has 5 heteroatoms. The lowest BCUT2D eigenvalue weighted by atomic mass is 9.75. The molecule has 1 amide bonds. The number of amides is 1. The summed E-state index contributed by atoms with van der Waals surface area (Å²) in [6, 6.07) is 3.20. The molecule has 0 N–H and O–H groups in total. The van der Waals surface area contributed by atoms with Gasteiger partial charge in [-0.15, -0.1) is 0 Å². The number of hydrogen-bond acceptors (Lipinski definition) is 2. The maximum absolute atomic E-state index is 12.6. The van der Waals surface area contributed by atoms with Gasteiger partial charge in [0.1, 0.15) is 10.3 Å². The summed E-state index contributed by atoms with van der Waals surface area (Å²) in [6.45, 7) is 1.72. The highest BCUT2D eigenvalue weighted by Gasteiger charge is 2.33. The number of hydrogen-bond donors (Lipinski definition) is 0. The van der Waals surface area contributed by atoms with Gasteiger partial charge < -0.3 is 4.90 Å². The van der Waals surface area contributed by atoms with Crippen LogP contribution in [0.15, 0.2) is 12.1 Å². The summed E-state index contributed by atoms with van der Waals surface area (Å²) < 4.78 is 0. The summed E-state index contributed by atoms with van der Waals surface area (Å²) in [6.07, 6.45) is 6.37. The molecule has 0 radical (unpaired) electrons. The Morgan fingerprint density at radius 2 is 1.75 bits per heavy atom. The first-order valence-corrected chi connectivity index (χ1v) is 8.01. The summed E-state index contributed by atoms with van der Waals surface area (Å²) in [7, 11) is 0. The predicted molar refractivity (Wildman–Crippen MR) is 80.2 cm³/mol. The average Bonchev–Trinajstić information content (AvgIpc) is 2.45. The quantitative estimate of drug-likeness (QED) is 0.733. The molecule has 3 rings (SSSR count). The Morgan fingerprint density at radius 1 is 1.10 bits per heavy atom. The van der Waals surface area contributed by atoms with Crippen LogP contribution in [0.25, 0.3) is 0 Å². The van der Waals surface area contributed by atoms with Crippen molar-refractivity contribution in [1.29, 1.82) is 0 Å². The molecular formula is C15H18Cl2N2O. The van der Waals surface area contributed by atoms with Gasteiger partial charge in [0, 0.05) is 18.7 Å². The van der Waals surface area contributed by atoms with Crippen LogP contribution in [0.4, 0.5) is 0 Å². The number of fused-ring (bicyclic) bond motifs is 1. The molecule has 2 heterocycles. The molecule has 1 aliphatic heterocycles. The molecule has 1 saturated carbocycles. The van der Waals surface area contributed by atoms with Crippen molar-refractivity contribution in [3.05, 3.63) is 28.0 Å². The molecule has 3 nitrogen and oxygen atoms in total. The van der Waals surface area contributed by atoms with E-state index in [-0.39, 0.29) is 16.2 Å². The highest BCUT2D eigenvalue weighted by Crippen LogP contribution is 2.36. The van der Waals surface area contributed by atoms with E-state index in [9.17, 15) is 4.79 Å². The molecule has 20 heavy (non-hydrogen) atoms. The highest BCUT2D eigenvalue weighted by atomic mass is 35.5. The van der Waals surface area contributed by atoms with Crippen LogP contribution in [0, 0.1) is 11.8 Å². The Morgan fingerprint density at radius 3 is 2.45 bits per heavy atom. The number of halogens is 2. The van der Waals surface area contributed by atoms with Crippen LogP contribution >= 0.6 is 23.2 Å². The minimum atomic E-state index is 0.0280. The molecule has 1 saturated heterocycles. The third kappa shape index (κ3) is 2.94. The van der Waals surface area contributed by atoms with Crippen molar-refractivity contribution < 1.29 is 4.79 Å². The van der Waals surface area contributed by atoms with Gasteiger partial charge in [-0.2, -0.15) is 0 Å². The molecule has 2 aliphatic rings. The van der Waals surface area contributed by atoms with Crippen molar-refractivity contribution in [3.63, 3.8) is 0 Å². The van der Waals surface area contributed by atoms with Crippen molar-refractivity contribution in [2.45, 2.75) is 32.1 Å². The van der Waals surface area contributed by atoms with Crippen LogP contribution < -0.4 is 0 Å². The molecule has 0 unspecified atom stereocenters. The summed E-state index contributed by atoms with van der Waals surface area (Å²) >= 11 is 11.8. The van der Waals surface area contributed by atoms with E-state index in [0.29, 0.717) is 11.5 Å². The number of carbonyl (C=O) groups excluding carboxylic acids is 1. The lowest BCUT2D eigenvalue weighted by molar-refractivity contribution is 0.0521. The highest BCUT2D eigenvalue weighted by molar-refractivity contribution is 6.33. The van der Waals surface area contributed by atoms with Crippen LogP contribution in [0.1, 0.15) is 42.5 Å². The lowest BCUT2D eigenvalue weighted by Gasteiger charge is -2.41. The molecule has 0 bridgehead atoms. The van der Waals surface area contributed by atoms with Crippen LogP contribution in [0.2, 0.25) is 10.3 Å². The molecule has 0 spiro atoms. The topological polar surface area (TPSA) is 33.2 Å². The normalized spacial score (nSPS) is 26.2. The van der Waals surface area contributed by atoms with Crippen molar-refractivity contribution in [2.24, 2.45) is 11.8 Å². The molecule has 1 aliphatic carbocycles. The van der Waals surface area contributed by atoms with Gasteiger partial charge in [-0.05, 0) is 36.8 Å². The van der Waals surface area contributed by atoms with E-state index in [1.807, 2.05) is 4.90 Å². The molecule has 108 valence electrons. The van der Waals surface area contributed by atoms with E-state index in [4.69, 9.17) is 23.2 Å². The van der Waals surface area contributed by atoms with Gasteiger partial charge in [-0.3, -0.25) is 4.79 Å². The SMILES string of the molecule is O=C(c1cc(Cl)nc(Cl)c1)N1CC[C@@H]2CCCC[C@H]2C1. The Bertz CT molecular complexity index is 500. The summed E-state index contributed by atoms with van der Waals surface area (Å²) in [4.78, 5) is 18.4. The zero-order chi connectivity index (χ0) is 14.1.